The summed E-state index contributed by atoms with van der Waals surface area (Å²) in [5.74, 6) is 1.97. The standard InChI is InChI=1S/C17H28N4OS2/c1-17(2)13-21(9-11-24-17)16(19-12-15(22)20(3)4)18-8-7-14-6-5-10-23-14/h5-6,10H,7-9,11-13H2,1-4H3,(H,18,19). The second-order valence-corrected chi connectivity index (χ2v) is 9.55. The molecular weight excluding hydrogens is 340 g/mol. The minimum Gasteiger partial charge on any atom is -0.356 e. The second-order valence-electron chi connectivity index (χ2n) is 6.71. The number of hydrogen-bond donors (Lipinski definition) is 1. The van der Waals surface area contributed by atoms with E-state index in [1.165, 1.54) is 4.88 Å². The van der Waals surface area contributed by atoms with Crippen LogP contribution < -0.4 is 5.32 Å². The Hall–Kier alpha value is -1.21. The lowest BCUT2D eigenvalue weighted by Crippen LogP contribution is -2.51. The number of guanidine groups is 1. The van der Waals surface area contributed by atoms with E-state index in [0.717, 1.165) is 37.8 Å². The Morgan fingerprint density at radius 3 is 2.88 bits per heavy atom. The predicted octanol–water partition coefficient (Wildman–Crippen LogP) is 2.15. The van der Waals surface area contributed by atoms with Crippen LogP contribution in [-0.4, -0.2) is 72.4 Å². The quantitative estimate of drug-likeness (QED) is 0.639. The van der Waals surface area contributed by atoms with Gasteiger partial charge in [-0.25, -0.2) is 4.99 Å². The van der Waals surface area contributed by atoms with Gasteiger partial charge in [0.05, 0.1) is 0 Å². The number of thiophene rings is 1. The number of likely N-dealkylation sites (N-methyl/N-ethyl adjacent to an activating group) is 1. The molecule has 134 valence electrons. The largest absolute Gasteiger partial charge is 0.356 e. The summed E-state index contributed by atoms with van der Waals surface area (Å²) in [4.78, 5) is 21.7. The van der Waals surface area contributed by atoms with Gasteiger partial charge in [-0.15, -0.1) is 11.3 Å². The smallest absolute Gasteiger partial charge is 0.243 e. The summed E-state index contributed by atoms with van der Waals surface area (Å²) in [6.45, 7) is 7.46. The highest BCUT2D eigenvalue weighted by molar-refractivity contribution is 8.00. The molecule has 1 aromatic heterocycles. The molecule has 2 heterocycles. The summed E-state index contributed by atoms with van der Waals surface area (Å²) >= 11 is 3.77. The molecule has 0 saturated carbocycles. The van der Waals surface area contributed by atoms with Crippen molar-refractivity contribution < 1.29 is 4.79 Å². The maximum Gasteiger partial charge on any atom is 0.243 e. The third-order valence-corrected chi connectivity index (χ3v) is 6.06. The molecule has 0 spiro atoms. The molecule has 1 aromatic rings. The first-order valence-corrected chi connectivity index (χ1v) is 10.1. The SMILES string of the molecule is CN(C)C(=O)CN=C(NCCc1cccs1)N1CCSC(C)(C)C1. The zero-order chi connectivity index (χ0) is 17.6. The summed E-state index contributed by atoms with van der Waals surface area (Å²) in [5, 5.41) is 5.56. The van der Waals surface area contributed by atoms with Gasteiger partial charge in [-0.05, 0) is 31.7 Å². The Bertz CT molecular complexity index is 555. The third-order valence-electron chi connectivity index (χ3n) is 3.82. The Morgan fingerprint density at radius 1 is 1.46 bits per heavy atom. The van der Waals surface area contributed by atoms with Gasteiger partial charge in [0, 0.05) is 49.1 Å². The van der Waals surface area contributed by atoms with Gasteiger partial charge in [0.2, 0.25) is 5.91 Å². The molecular formula is C17H28N4OS2. The molecule has 1 fully saturated rings. The number of carbonyl (C=O) groups is 1. The first kappa shape index (κ1) is 19.1. The van der Waals surface area contributed by atoms with E-state index in [0.29, 0.717) is 0 Å². The molecule has 7 heteroatoms. The summed E-state index contributed by atoms with van der Waals surface area (Å²) in [6, 6.07) is 4.23. The van der Waals surface area contributed by atoms with E-state index in [1.807, 2.05) is 11.8 Å². The van der Waals surface area contributed by atoms with Crippen molar-refractivity contribution in [3.63, 3.8) is 0 Å². The maximum absolute atomic E-state index is 11.9. The van der Waals surface area contributed by atoms with Crippen LogP contribution in [0, 0.1) is 0 Å². The minimum absolute atomic E-state index is 0.0261. The lowest BCUT2D eigenvalue weighted by molar-refractivity contribution is -0.127. The van der Waals surface area contributed by atoms with E-state index >= 15 is 0 Å². The number of carbonyl (C=O) groups excluding carboxylic acids is 1. The molecule has 0 atom stereocenters. The monoisotopic (exact) mass is 368 g/mol. The average molecular weight is 369 g/mol. The number of hydrogen-bond acceptors (Lipinski definition) is 4. The number of nitrogens with zero attached hydrogens (tertiary/aromatic N) is 3. The molecule has 1 saturated heterocycles. The fraction of sp³-hybridized carbons (Fsp3) is 0.647. The lowest BCUT2D eigenvalue weighted by Gasteiger charge is -2.39. The number of nitrogens with one attached hydrogen (secondary N) is 1. The van der Waals surface area contributed by atoms with Crippen LogP contribution in [0.15, 0.2) is 22.5 Å². The molecule has 1 aliphatic rings. The highest BCUT2D eigenvalue weighted by Gasteiger charge is 2.28. The van der Waals surface area contributed by atoms with Crippen molar-refractivity contribution in [1.29, 1.82) is 0 Å². The first-order chi connectivity index (χ1) is 11.4. The van der Waals surface area contributed by atoms with Crippen LogP contribution in [0.4, 0.5) is 0 Å². The van der Waals surface area contributed by atoms with Crippen LogP contribution in [0.3, 0.4) is 0 Å². The number of rotatable bonds is 5. The van der Waals surface area contributed by atoms with Crippen LogP contribution in [0.1, 0.15) is 18.7 Å². The van der Waals surface area contributed by atoms with Gasteiger partial charge < -0.3 is 15.1 Å². The lowest BCUT2D eigenvalue weighted by atomic mass is 10.2. The molecule has 0 bridgehead atoms. The topological polar surface area (TPSA) is 47.9 Å². The molecule has 1 N–H and O–H groups in total. The molecule has 24 heavy (non-hydrogen) atoms. The Kier molecular flexibility index (Phi) is 6.98. The van der Waals surface area contributed by atoms with Gasteiger partial charge in [0.1, 0.15) is 6.54 Å². The molecule has 1 amide bonds. The zero-order valence-corrected chi connectivity index (χ0v) is 16.7. The van der Waals surface area contributed by atoms with Crippen molar-refractivity contribution in [2.45, 2.75) is 25.0 Å². The minimum atomic E-state index is 0.0261. The van der Waals surface area contributed by atoms with Crippen LogP contribution >= 0.6 is 23.1 Å². The molecule has 5 nitrogen and oxygen atoms in total. The van der Waals surface area contributed by atoms with Crippen molar-refractivity contribution in [3.8, 4) is 0 Å². The number of aliphatic imine (C=N–C) groups is 1. The summed E-state index contributed by atoms with van der Waals surface area (Å²) < 4.78 is 0.208. The first-order valence-electron chi connectivity index (χ1n) is 8.27. The van der Waals surface area contributed by atoms with Crippen molar-refractivity contribution in [1.82, 2.24) is 15.1 Å². The van der Waals surface area contributed by atoms with E-state index < -0.39 is 0 Å². The molecule has 0 unspecified atom stereocenters. The second kappa shape index (κ2) is 8.76. The maximum atomic E-state index is 11.9. The van der Waals surface area contributed by atoms with E-state index in [9.17, 15) is 4.79 Å². The molecule has 0 aliphatic carbocycles. The van der Waals surface area contributed by atoms with Crippen molar-refractivity contribution in [2.75, 3.05) is 46.0 Å². The normalized spacial score (nSPS) is 17.7. The molecule has 0 aromatic carbocycles. The van der Waals surface area contributed by atoms with Gasteiger partial charge >= 0.3 is 0 Å². The zero-order valence-electron chi connectivity index (χ0n) is 15.0. The van der Waals surface area contributed by atoms with Gasteiger partial charge in [0.15, 0.2) is 5.96 Å². The van der Waals surface area contributed by atoms with Gasteiger partial charge in [-0.1, -0.05) is 6.07 Å². The van der Waals surface area contributed by atoms with Crippen molar-refractivity contribution in [3.05, 3.63) is 22.4 Å². The van der Waals surface area contributed by atoms with Crippen molar-refractivity contribution in [2.24, 2.45) is 4.99 Å². The van der Waals surface area contributed by atoms with E-state index in [4.69, 9.17) is 0 Å². The highest BCUT2D eigenvalue weighted by atomic mass is 32.2. The summed E-state index contributed by atoms with van der Waals surface area (Å²) in [6.07, 6.45) is 0.976. The van der Waals surface area contributed by atoms with Crippen molar-refractivity contribution >= 4 is 35.0 Å². The van der Waals surface area contributed by atoms with E-state index in [-0.39, 0.29) is 17.2 Å². The van der Waals surface area contributed by atoms with Crippen LogP contribution in [0.5, 0.6) is 0 Å². The third kappa shape index (κ3) is 6.02. The Labute approximate surface area is 153 Å². The van der Waals surface area contributed by atoms with Gasteiger partial charge in [0.25, 0.3) is 0 Å². The fourth-order valence-corrected chi connectivity index (χ4v) is 4.32. The van der Waals surface area contributed by atoms with Crippen LogP contribution in [0.25, 0.3) is 0 Å². The van der Waals surface area contributed by atoms with E-state index in [1.54, 1.807) is 30.3 Å². The van der Waals surface area contributed by atoms with Gasteiger partial charge in [-0.3, -0.25) is 4.79 Å². The van der Waals surface area contributed by atoms with Gasteiger partial charge in [-0.2, -0.15) is 11.8 Å². The molecule has 0 radical (unpaired) electrons. The summed E-state index contributed by atoms with van der Waals surface area (Å²) in [5.41, 5.74) is 0. The Balaban J connectivity index is 1.99. The summed E-state index contributed by atoms with van der Waals surface area (Å²) in [7, 11) is 3.53. The van der Waals surface area contributed by atoms with Crippen LogP contribution in [0.2, 0.25) is 0 Å². The Morgan fingerprint density at radius 2 is 2.25 bits per heavy atom. The molecule has 1 aliphatic heterocycles. The average Bonchev–Trinajstić information content (AvgIpc) is 3.02. The molecule has 2 rings (SSSR count). The highest BCUT2D eigenvalue weighted by Crippen LogP contribution is 2.29. The number of thioether (sulfide) groups is 1. The predicted molar refractivity (Wildman–Crippen MR) is 105 cm³/mol. The number of amides is 1. The van der Waals surface area contributed by atoms with E-state index in [2.05, 4.69) is 46.6 Å². The van der Waals surface area contributed by atoms with Crippen LogP contribution in [-0.2, 0) is 11.2 Å². The fourth-order valence-electron chi connectivity index (χ4n) is 2.50.